The summed E-state index contributed by atoms with van der Waals surface area (Å²) in [5.41, 5.74) is 3.58. The molecule has 2 aromatic heterocycles. The number of halogens is 2. The third-order valence-electron chi connectivity index (χ3n) is 5.72. The number of benzene rings is 3. The summed E-state index contributed by atoms with van der Waals surface area (Å²) in [5.74, 6) is 0.817. The molecule has 0 bridgehead atoms. The van der Waals surface area contributed by atoms with E-state index in [1.54, 1.807) is 65.5 Å². The zero-order valence-electron chi connectivity index (χ0n) is 20.3. The number of amides is 1. The van der Waals surface area contributed by atoms with Crippen molar-refractivity contribution in [1.82, 2.24) is 19.5 Å². The molecule has 0 aliphatic rings. The number of anilines is 5. The maximum Gasteiger partial charge on any atom is 0.255 e. The first-order valence-corrected chi connectivity index (χ1v) is 11.7. The minimum Gasteiger partial charge on any atom is -0.340 e. The van der Waals surface area contributed by atoms with Gasteiger partial charge in [0.25, 0.3) is 5.91 Å². The zero-order valence-corrected chi connectivity index (χ0v) is 20.3. The van der Waals surface area contributed by atoms with Crippen LogP contribution >= 0.6 is 0 Å². The fourth-order valence-corrected chi connectivity index (χ4v) is 3.80. The van der Waals surface area contributed by atoms with Gasteiger partial charge >= 0.3 is 0 Å². The minimum absolute atomic E-state index is 0.337. The maximum absolute atomic E-state index is 13.6. The maximum atomic E-state index is 13.6. The smallest absolute Gasteiger partial charge is 0.255 e. The second-order valence-electron chi connectivity index (χ2n) is 8.46. The molecular formula is C28H23F2N7O. The van der Waals surface area contributed by atoms with Gasteiger partial charge in [0.2, 0.25) is 5.95 Å². The van der Waals surface area contributed by atoms with E-state index in [1.807, 2.05) is 13.0 Å². The van der Waals surface area contributed by atoms with E-state index < -0.39 is 6.67 Å². The quantitative estimate of drug-likeness (QED) is 0.226. The molecule has 0 unspecified atom stereocenters. The molecular weight excluding hydrogens is 488 g/mol. The van der Waals surface area contributed by atoms with Crippen LogP contribution in [0.15, 0.2) is 91.5 Å². The number of imidazole rings is 1. The lowest BCUT2D eigenvalue weighted by Gasteiger charge is -2.14. The molecule has 5 rings (SSSR count). The van der Waals surface area contributed by atoms with E-state index in [2.05, 4.69) is 30.9 Å². The van der Waals surface area contributed by atoms with Crippen LogP contribution in [0.4, 0.5) is 37.6 Å². The average molecular weight is 512 g/mol. The number of aromatic nitrogens is 4. The van der Waals surface area contributed by atoms with Crippen LogP contribution in [0.25, 0.3) is 5.82 Å². The van der Waals surface area contributed by atoms with Crippen LogP contribution in [0, 0.1) is 12.7 Å². The van der Waals surface area contributed by atoms with E-state index >= 15 is 0 Å². The van der Waals surface area contributed by atoms with Gasteiger partial charge in [-0.3, -0.25) is 9.36 Å². The SMILES string of the molecule is Cc1ccc(NC(=O)c2cccc(CF)c2)cc1Nc1nccn1-c1cc(Nc2cccc(F)c2)ncn1. The molecule has 0 fully saturated rings. The Bertz CT molecular complexity index is 1600. The van der Waals surface area contributed by atoms with Crippen molar-refractivity contribution in [3.63, 3.8) is 0 Å². The predicted octanol–water partition coefficient (Wildman–Crippen LogP) is 6.32. The molecule has 0 aliphatic heterocycles. The number of alkyl halides is 1. The summed E-state index contributed by atoms with van der Waals surface area (Å²) in [5, 5.41) is 9.21. The molecule has 0 radical (unpaired) electrons. The van der Waals surface area contributed by atoms with Crippen LogP contribution < -0.4 is 16.0 Å². The van der Waals surface area contributed by atoms with Crippen LogP contribution in [0.1, 0.15) is 21.5 Å². The topological polar surface area (TPSA) is 96.8 Å². The van der Waals surface area contributed by atoms with Crippen LogP contribution in [0.3, 0.4) is 0 Å². The fourth-order valence-electron chi connectivity index (χ4n) is 3.80. The number of nitrogens with one attached hydrogen (secondary N) is 3. The second-order valence-corrected chi connectivity index (χ2v) is 8.46. The van der Waals surface area contributed by atoms with Gasteiger partial charge in [-0.1, -0.05) is 24.3 Å². The highest BCUT2D eigenvalue weighted by atomic mass is 19.1. The lowest BCUT2D eigenvalue weighted by atomic mass is 10.1. The summed E-state index contributed by atoms with van der Waals surface area (Å²) in [7, 11) is 0. The third-order valence-corrected chi connectivity index (χ3v) is 5.72. The zero-order chi connectivity index (χ0) is 26.5. The van der Waals surface area contributed by atoms with E-state index in [0.717, 1.165) is 11.3 Å². The molecule has 8 nitrogen and oxygen atoms in total. The lowest BCUT2D eigenvalue weighted by molar-refractivity contribution is 0.102. The summed E-state index contributed by atoms with van der Waals surface area (Å²) < 4.78 is 28.3. The molecule has 3 N–H and O–H groups in total. The van der Waals surface area contributed by atoms with Gasteiger partial charge in [0.1, 0.15) is 30.5 Å². The average Bonchev–Trinajstić information content (AvgIpc) is 3.39. The van der Waals surface area contributed by atoms with Crippen molar-refractivity contribution in [1.29, 1.82) is 0 Å². The van der Waals surface area contributed by atoms with Gasteiger partial charge in [-0.25, -0.2) is 23.7 Å². The van der Waals surface area contributed by atoms with Crippen LogP contribution in [-0.2, 0) is 6.67 Å². The van der Waals surface area contributed by atoms with E-state index in [-0.39, 0.29) is 11.7 Å². The highest BCUT2D eigenvalue weighted by molar-refractivity contribution is 6.04. The summed E-state index contributed by atoms with van der Waals surface area (Å²) in [6.07, 6.45) is 4.78. The Balaban J connectivity index is 1.35. The van der Waals surface area contributed by atoms with Gasteiger partial charge in [-0.2, -0.15) is 0 Å². The number of hydrogen-bond acceptors (Lipinski definition) is 6. The lowest BCUT2D eigenvalue weighted by Crippen LogP contribution is -2.12. The molecule has 1 amide bonds. The number of aryl methyl sites for hydroxylation is 1. The van der Waals surface area contributed by atoms with Gasteiger partial charge in [-0.05, 0) is 60.5 Å². The molecule has 0 atom stereocenters. The number of hydrogen-bond donors (Lipinski definition) is 3. The Kier molecular flexibility index (Phi) is 7.03. The molecule has 0 saturated heterocycles. The molecule has 5 aromatic rings. The first kappa shape index (κ1) is 24.6. The standard InChI is InChI=1S/C28H23F2N7O/c1-18-8-9-23(35-27(38)20-5-2-4-19(12-20)16-29)14-24(18)36-28-31-10-11-37(28)26-15-25(32-17-33-26)34-22-7-3-6-21(30)13-22/h2-15,17H,16H2,1H3,(H,31,36)(H,35,38)(H,32,33,34). The van der Waals surface area contributed by atoms with Gasteiger partial charge < -0.3 is 16.0 Å². The van der Waals surface area contributed by atoms with Crippen molar-refractivity contribution < 1.29 is 13.6 Å². The molecule has 2 heterocycles. The van der Waals surface area contributed by atoms with Crippen molar-refractivity contribution in [2.75, 3.05) is 16.0 Å². The van der Waals surface area contributed by atoms with Gasteiger partial charge in [0.15, 0.2) is 0 Å². The van der Waals surface area contributed by atoms with Crippen molar-refractivity contribution in [3.05, 3.63) is 114 Å². The number of carbonyl (C=O) groups is 1. The van der Waals surface area contributed by atoms with Crippen molar-refractivity contribution in [3.8, 4) is 5.82 Å². The molecule has 0 saturated carbocycles. The predicted molar refractivity (Wildman–Crippen MR) is 143 cm³/mol. The largest absolute Gasteiger partial charge is 0.340 e. The molecule has 3 aromatic carbocycles. The van der Waals surface area contributed by atoms with Gasteiger partial charge in [0, 0.05) is 41.1 Å². The van der Waals surface area contributed by atoms with E-state index in [9.17, 15) is 13.6 Å². The number of nitrogens with zero attached hydrogens (tertiary/aromatic N) is 4. The minimum atomic E-state index is -0.638. The van der Waals surface area contributed by atoms with E-state index in [4.69, 9.17) is 0 Å². The summed E-state index contributed by atoms with van der Waals surface area (Å²) in [6, 6.07) is 19.7. The van der Waals surface area contributed by atoms with E-state index in [1.165, 1.54) is 24.5 Å². The van der Waals surface area contributed by atoms with Crippen LogP contribution in [-0.4, -0.2) is 25.4 Å². The summed E-state index contributed by atoms with van der Waals surface area (Å²) >= 11 is 0. The van der Waals surface area contributed by atoms with Crippen molar-refractivity contribution >= 4 is 34.7 Å². The molecule has 0 spiro atoms. The van der Waals surface area contributed by atoms with Gasteiger partial charge in [-0.15, -0.1) is 0 Å². The highest BCUT2D eigenvalue weighted by Crippen LogP contribution is 2.26. The fraction of sp³-hybridized carbons (Fsp3) is 0.0714. The Morgan fingerprint density at radius 1 is 0.921 bits per heavy atom. The Morgan fingerprint density at radius 3 is 2.63 bits per heavy atom. The normalized spacial score (nSPS) is 10.7. The Hall–Kier alpha value is -5.12. The molecule has 38 heavy (non-hydrogen) atoms. The second kappa shape index (κ2) is 10.9. The number of carbonyl (C=O) groups excluding carboxylic acids is 1. The van der Waals surface area contributed by atoms with Crippen LogP contribution in [0.2, 0.25) is 0 Å². The Labute approximate surface area is 217 Å². The monoisotopic (exact) mass is 511 g/mol. The Morgan fingerprint density at radius 2 is 1.79 bits per heavy atom. The highest BCUT2D eigenvalue weighted by Gasteiger charge is 2.12. The van der Waals surface area contributed by atoms with Gasteiger partial charge in [0.05, 0.1) is 0 Å². The third kappa shape index (κ3) is 5.65. The molecule has 0 aliphatic carbocycles. The van der Waals surface area contributed by atoms with E-state index in [0.29, 0.717) is 40.1 Å². The first-order valence-electron chi connectivity index (χ1n) is 11.7. The molecule has 190 valence electrons. The van der Waals surface area contributed by atoms with Crippen LogP contribution in [0.5, 0.6) is 0 Å². The van der Waals surface area contributed by atoms with Crippen molar-refractivity contribution in [2.24, 2.45) is 0 Å². The molecule has 10 heteroatoms. The summed E-state index contributed by atoms with van der Waals surface area (Å²) in [4.78, 5) is 25.7. The van der Waals surface area contributed by atoms with Crippen molar-refractivity contribution in [2.45, 2.75) is 13.6 Å². The number of rotatable bonds is 8. The first-order chi connectivity index (χ1) is 18.5. The summed E-state index contributed by atoms with van der Waals surface area (Å²) in [6.45, 7) is 1.29.